The fraction of sp³-hybridized carbons (Fsp3) is 0.909. The third-order valence-electron chi connectivity index (χ3n) is 3.13. The zero-order valence-corrected chi connectivity index (χ0v) is 8.86. The van der Waals surface area contributed by atoms with Crippen LogP contribution in [-0.2, 0) is 4.79 Å². The number of hydrogen-bond donors (Lipinski definition) is 1. The molecule has 0 saturated heterocycles. The first kappa shape index (κ1) is 10.7. The Bertz CT molecular complexity index is 179. The van der Waals surface area contributed by atoms with Crippen LogP contribution < -0.4 is 5.32 Å². The maximum Gasteiger partial charge on any atom is 0.134 e. The maximum atomic E-state index is 11.5. The molecule has 0 heterocycles. The fourth-order valence-electron chi connectivity index (χ4n) is 2.02. The molecular formula is C11H21NO. The van der Waals surface area contributed by atoms with Crippen molar-refractivity contribution in [2.75, 3.05) is 7.05 Å². The molecule has 1 aliphatic rings. The summed E-state index contributed by atoms with van der Waals surface area (Å²) < 4.78 is 0. The molecular weight excluding hydrogens is 162 g/mol. The van der Waals surface area contributed by atoms with Gasteiger partial charge in [0.25, 0.3) is 0 Å². The smallest absolute Gasteiger partial charge is 0.134 e. The van der Waals surface area contributed by atoms with Crippen LogP contribution in [0.5, 0.6) is 0 Å². The highest BCUT2D eigenvalue weighted by Gasteiger charge is 2.25. The van der Waals surface area contributed by atoms with Crippen molar-refractivity contribution in [2.45, 2.75) is 57.4 Å². The number of Topliss-reactive ketones (excluding diaryl/α,β-unsaturated/α-hetero) is 1. The molecule has 1 aliphatic carbocycles. The van der Waals surface area contributed by atoms with E-state index in [9.17, 15) is 4.79 Å². The Balaban J connectivity index is 2.56. The van der Waals surface area contributed by atoms with Crippen LogP contribution in [0.1, 0.15) is 51.9 Å². The minimum Gasteiger partial charge on any atom is -0.314 e. The Morgan fingerprint density at radius 1 is 1.23 bits per heavy atom. The Morgan fingerprint density at radius 3 is 2.62 bits per heavy atom. The Labute approximate surface area is 81.1 Å². The van der Waals surface area contributed by atoms with Crippen LogP contribution in [0.2, 0.25) is 0 Å². The lowest BCUT2D eigenvalue weighted by Crippen LogP contribution is -2.41. The predicted molar refractivity (Wildman–Crippen MR) is 54.8 cm³/mol. The molecule has 1 fully saturated rings. The van der Waals surface area contributed by atoms with Gasteiger partial charge in [-0.2, -0.15) is 0 Å². The number of rotatable bonds is 1. The van der Waals surface area contributed by atoms with Gasteiger partial charge in [0.05, 0.1) is 0 Å². The number of carbonyl (C=O) groups excluding carboxylic acids is 1. The molecule has 1 atom stereocenters. The van der Waals surface area contributed by atoms with Crippen LogP contribution in [0.15, 0.2) is 0 Å². The van der Waals surface area contributed by atoms with E-state index in [0.29, 0.717) is 12.2 Å². The SMILES string of the molecule is CNC1(C)CCCCCCC(=O)C1. The zero-order valence-electron chi connectivity index (χ0n) is 8.86. The third-order valence-corrected chi connectivity index (χ3v) is 3.13. The number of ketones is 1. The Hall–Kier alpha value is -0.370. The van der Waals surface area contributed by atoms with Gasteiger partial charge < -0.3 is 5.32 Å². The van der Waals surface area contributed by atoms with Gasteiger partial charge in [0, 0.05) is 18.4 Å². The van der Waals surface area contributed by atoms with Crippen molar-refractivity contribution in [1.82, 2.24) is 5.32 Å². The van der Waals surface area contributed by atoms with E-state index in [4.69, 9.17) is 0 Å². The largest absolute Gasteiger partial charge is 0.314 e. The first-order valence-electron chi connectivity index (χ1n) is 5.37. The van der Waals surface area contributed by atoms with E-state index in [1.807, 2.05) is 7.05 Å². The lowest BCUT2D eigenvalue weighted by molar-refractivity contribution is -0.120. The number of hydrogen-bond acceptors (Lipinski definition) is 2. The van der Waals surface area contributed by atoms with Crippen molar-refractivity contribution in [3.8, 4) is 0 Å². The highest BCUT2D eigenvalue weighted by Crippen LogP contribution is 2.22. The number of nitrogens with one attached hydrogen (secondary N) is 1. The van der Waals surface area contributed by atoms with Crippen molar-refractivity contribution in [3.63, 3.8) is 0 Å². The quantitative estimate of drug-likeness (QED) is 0.675. The molecule has 1 unspecified atom stereocenters. The molecule has 13 heavy (non-hydrogen) atoms. The van der Waals surface area contributed by atoms with Crippen molar-refractivity contribution >= 4 is 5.78 Å². The minimum absolute atomic E-state index is 0.0570. The van der Waals surface area contributed by atoms with Crippen LogP contribution in [0.4, 0.5) is 0 Å². The van der Waals surface area contributed by atoms with Gasteiger partial charge in [0.2, 0.25) is 0 Å². The van der Waals surface area contributed by atoms with E-state index < -0.39 is 0 Å². The monoisotopic (exact) mass is 183 g/mol. The molecule has 0 bridgehead atoms. The maximum absolute atomic E-state index is 11.5. The fourth-order valence-corrected chi connectivity index (χ4v) is 2.02. The van der Waals surface area contributed by atoms with E-state index in [-0.39, 0.29) is 5.54 Å². The van der Waals surface area contributed by atoms with Gasteiger partial charge in [0.1, 0.15) is 5.78 Å². The van der Waals surface area contributed by atoms with Crippen LogP contribution >= 0.6 is 0 Å². The molecule has 1 rings (SSSR count). The summed E-state index contributed by atoms with van der Waals surface area (Å²) >= 11 is 0. The molecule has 0 spiro atoms. The molecule has 2 heteroatoms. The van der Waals surface area contributed by atoms with Crippen molar-refractivity contribution < 1.29 is 4.79 Å². The molecule has 0 radical (unpaired) electrons. The second-order valence-electron chi connectivity index (χ2n) is 4.44. The summed E-state index contributed by atoms with van der Waals surface area (Å²) in [5.41, 5.74) is 0.0570. The Kier molecular flexibility index (Phi) is 3.91. The van der Waals surface area contributed by atoms with Crippen LogP contribution in [0.25, 0.3) is 0 Å². The normalized spacial score (nSPS) is 32.0. The van der Waals surface area contributed by atoms with Gasteiger partial charge >= 0.3 is 0 Å². The van der Waals surface area contributed by atoms with Crippen molar-refractivity contribution in [1.29, 1.82) is 0 Å². The van der Waals surface area contributed by atoms with Crippen LogP contribution in [0.3, 0.4) is 0 Å². The average molecular weight is 183 g/mol. The summed E-state index contributed by atoms with van der Waals surface area (Å²) in [6.07, 6.45) is 7.50. The lowest BCUT2D eigenvalue weighted by Gasteiger charge is -2.28. The highest BCUT2D eigenvalue weighted by atomic mass is 16.1. The van der Waals surface area contributed by atoms with Crippen molar-refractivity contribution in [2.24, 2.45) is 0 Å². The summed E-state index contributed by atoms with van der Waals surface area (Å²) in [7, 11) is 1.96. The summed E-state index contributed by atoms with van der Waals surface area (Å²) in [5.74, 6) is 0.429. The lowest BCUT2D eigenvalue weighted by atomic mass is 9.89. The number of carbonyl (C=O) groups is 1. The second-order valence-corrected chi connectivity index (χ2v) is 4.44. The molecule has 1 N–H and O–H groups in total. The van der Waals surface area contributed by atoms with Gasteiger partial charge in [-0.3, -0.25) is 4.79 Å². The van der Waals surface area contributed by atoms with E-state index in [1.165, 1.54) is 19.3 Å². The van der Waals surface area contributed by atoms with Gasteiger partial charge in [-0.05, 0) is 26.8 Å². The van der Waals surface area contributed by atoms with Gasteiger partial charge in [-0.25, -0.2) is 0 Å². The van der Waals surface area contributed by atoms with Crippen LogP contribution in [-0.4, -0.2) is 18.4 Å². The Morgan fingerprint density at radius 2 is 1.92 bits per heavy atom. The molecule has 0 aromatic heterocycles. The standard InChI is InChI=1S/C11H21NO/c1-11(12-2)8-6-4-3-5-7-10(13)9-11/h12H,3-9H2,1-2H3. The first-order valence-corrected chi connectivity index (χ1v) is 5.37. The highest BCUT2D eigenvalue weighted by molar-refractivity contribution is 5.79. The summed E-state index contributed by atoms with van der Waals surface area (Å²) in [5, 5.41) is 3.29. The topological polar surface area (TPSA) is 29.1 Å². The molecule has 0 amide bonds. The summed E-state index contributed by atoms with van der Waals surface area (Å²) in [6.45, 7) is 2.16. The van der Waals surface area contributed by atoms with Crippen LogP contribution in [0, 0.1) is 0 Å². The van der Waals surface area contributed by atoms with E-state index >= 15 is 0 Å². The predicted octanol–water partition coefficient (Wildman–Crippen LogP) is 2.28. The van der Waals surface area contributed by atoms with Crippen molar-refractivity contribution in [3.05, 3.63) is 0 Å². The molecule has 0 aliphatic heterocycles. The zero-order chi connectivity index (χ0) is 9.73. The second kappa shape index (κ2) is 4.75. The average Bonchev–Trinajstić information content (AvgIpc) is 2.17. The summed E-state index contributed by atoms with van der Waals surface area (Å²) in [6, 6.07) is 0. The third kappa shape index (κ3) is 3.47. The van der Waals surface area contributed by atoms with Gasteiger partial charge in [-0.1, -0.05) is 19.3 Å². The molecule has 2 nitrogen and oxygen atoms in total. The van der Waals surface area contributed by atoms with Gasteiger partial charge in [0.15, 0.2) is 0 Å². The molecule has 76 valence electrons. The molecule has 0 aromatic rings. The summed E-state index contributed by atoms with van der Waals surface area (Å²) in [4.78, 5) is 11.5. The first-order chi connectivity index (χ1) is 6.16. The van der Waals surface area contributed by atoms with E-state index in [0.717, 1.165) is 19.3 Å². The molecule has 1 saturated carbocycles. The van der Waals surface area contributed by atoms with Gasteiger partial charge in [-0.15, -0.1) is 0 Å². The molecule has 0 aromatic carbocycles. The van der Waals surface area contributed by atoms with E-state index in [2.05, 4.69) is 12.2 Å². The van der Waals surface area contributed by atoms with E-state index in [1.54, 1.807) is 0 Å². The minimum atomic E-state index is 0.0570.